The quantitative estimate of drug-likeness (QED) is 0.806. The van der Waals surface area contributed by atoms with E-state index in [4.69, 9.17) is 5.73 Å². The number of nitrogens with zero attached hydrogens (tertiary/aromatic N) is 3. The summed E-state index contributed by atoms with van der Waals surface area (Å²) in [7, 11) is 0. The van der Waals surface area contributed by atoms with Gasteiger partial charge in [0.15, 0.2) is 11.6 Å². The second-order valence-corrected chi connectivity index (χ2v) is 4.59. The summed E-state index contributed by atoms with van der Waals surface area (Å²) in [6.45, 7) is 1.12. The number of aromatic nitrogens is 2. The second-order valence-electron chi connectivity index (χ2n) is 4.59. The van der Waals surface area contributed by atoms with Crippen molar-refractivity contribution in [1.82, 2.24) is 9.97 Å². The smallest absolute Gasteiger partial charge is 0.171 e. The Bertz CT molecular complexity index is 357. The minimum absolute atomic E-state index is 0.574. The molecular weight excluding hydrogens is 188 g/mol. The van der Waals surface area contributed by atoms with Crippen molar-refractivity contribution < 1.29 is 0 Å². The standard InChI is InChI=1S/C11H16N4/c12-10-11(14-6-5-13-10)15(9-3-4-9)7-8-1-2-8/h5-6,8-9H,1-4,7H2,(H2,12,13). The molecule has 1 heterocycles. The molecule has 3 rings (SSSR count). The maximum atomic E-state index is 5.87. The highest BCUT2D eigenvalue weighted by Gasteiger charge is 2.35. The van der Waals surface area contributed by atoms with E-state index in [1.807, 2.05) is 0 Å². The van der Waals surface area contributed by atoms with E-state index < -0.39 is 0 Å². The first-order chi connectivity index (χ1) is 7.34. The Morgan fingerprint density at radius 2 is 1.93 bits per heavy atom. The SMILES string of the molecule is Nc1nccnc1N(CC1CC1)C1CC1. The predicted molar refractivity (Wildman–Crippen MR) is 59.5 cm³/mol. The molecule has 4 nitrogen and oxygen atoms in total. The van der Waals surface area contributed by atoms with E-state index in [-0.39, 0.29) is 0 Å². The first-order valence-corrected chi connectivity index (χ1v) is 5.67. The minimum Gasteiger partial charge on any atom is -0.381 e. The summed E-state index contributed by atoms with van der Waals surface area (Å²) in [4.78, 5) is 10.8. The van der Waals surface area contributed by atoms with Crippen LogP contribution in [-0.4, -0.2) is 22.6 Å². The molecule has 2 N–H and O–H groups in total. The highest BCUT2D eigenvalue weighted by Crippen LogP contribution is 2.38. The van der Waals surface area contributed by atoms with E-state index in [0.717, 1.165) is 18.3 Å². The van der Waals surface area contributed by atoms with Gasteiger partial charge < -0.3 is 10.6 Å². The van der Waals surface area contributed by atoms with Crippen molar-refractivity contribution in [3.8, 4) is 0 Å². The summed E-state index contributed by atoms with van der Waals surface area (Å²) < 4.78 is 0. The summed E-state index contributed by atoms with van der Waals surface area (Å²) in [5.41, 5.74) is 5.87. The molecule has 0 radical (unpaired) electrons. The van der Waals surface area contributed by atoms with Gasteiger partial charge in [-0.1, -0.05) is 0 Å². The second kappa shape index (κ2) is 3.36. The Morgan fingerprint density at radius 3 is 2.53 bits per heavy atom. The molecule has 0 saturated heterocycles. The summed E-state index contributed by atoms with van der Waals surface area (Å²) in [6, 6.07) is 0.671. The van der Waals surface area contributed by atoms with Crippen molar-refractivity contribution in [2.75, 3.05) is 17.2 Å². The van der Waals surface area contributed by atoms with Crippen molar-refractivity contribution in [2.24, 2.45) is 5.92 Å². The van der Waals surface area contributed by atoms with Crippen LogP contribution in [0.5, 0.6) is 0 Å². The van der Waals surface area contributed by atoms with E-state index in [1.54, 1.807) is 12.4 Å². The lowest BCUT2D eigenvalue weighted by molar-refractivity contribution is 0.708. The van der Waals surface area contributed by atoms with Gasteiger partial charge in [-0.25, -0.2) is 9.97 Å². The van der Waals surface area contributed by atoms with Crippen LogP contribution in [0.1, 0.15) is 25.7 Å². The van der Waals surface area contributed by atoms with Crippen LogP contribution < -0.4 is 10.6 Å². The molecule has 80 valence electrons. The van der Waals surface area contributed by atoms with Gasteiger partial charge in [0, 0.05) is 25.0 Å². The number of nitrogen functional groups attached to an aromatic ring is 1. The van der Waals surface area contributed by atoms with E-state index in [9.17, 15) is 0 Å². The molecule has 0 aliphatic heterocycles. The van der Waals surface area contributed by atoms with Gasteiger partial charge in [0.05, 0.1) is 0 Å². The largest absolute Gasteiger partial charge is 0.381 e. The molecule has 1 aromatic heterocycles. The van der Waals surface area contributed by atoms with Gasteiger partial charge >= 0.3 is 0 Å². The average molecular weight is 204 g/mol. The van der Waals surface area contributed by atoms with E-state index >= 15 is 0 Å². The van der Waals surface area contributed by atoms with Crippen molar-refractivity contribution in [3.63, 3.8) is 0 Å². The molecule has 0 unspecified atom stereocenters. The summed E-state index contributed by atoms with van der Waals surface area (Å²) >= 11 is 0. The lowest BCUT2D eigenvalue weighted by Gasteiger charge is -2.23. The van der Waals surface area contributed by atoms with Crippen LogP contribution in [0.3, 0.4) is 0 Å². The average Bonchev–Trinajstić information content (AvgIpc) is 3.10. The molecule has 2 saturated carbocycles. The van der Waals surface area contributed by atoms with Crippen LogP contribution in [0.15, 0.2) is 12.4 Å². The molecule has 0 amide bonds. The van der Waals surface area contributed by atoms with E-state index in [1.165, 1.54) is 25.7 Å². The van der Waals surface area contributed by atoms with Gasteiger partial charge in [0.1, 0.15) is 0 Å². The monoisotopic (exact) mass is 204 g/mol. The van der Waals surface area contributed by atoms with Crippen LogP contribution in [-0.2, 0) is 0 Å². The Morgan fingerprint density at radius 1 is 1.20 bits per heavy atom. The number of hydrogen-bond donors (Lipinski definition) is 1. The third-order valence-corrected chi connectivity index (χ3v) is 3.12. The van der Waals surface area contributed by atoms with Crippen LogP contribution in [0, 0.1) is 5.92 Å². The molecule has 1 aromatic rings. The van der Waals surface area contributed by atoms with E-state index in [0.29, 0.717) is 11.9 Å². The summed E-state index contributed by atoms with van der Waals surface area (Å²) in [6.07, 6.45) is 8.67. The fourth-order valence-electron chi connectivity index (χ4n) is 1.94. The zero-order valence-corrected chi connectivity index (χ0v) is 8.76. The molecule has 4 heteroatoms. The van der Waals surface area contributed by atoms with Gasteiger partial charge in [0.25, 0.3) is 0 Å². The molecule has 2 aliphatic rings. The molecule has 0 bridgehead atoms. The molecule has 15 heavy (non-hydrogen) atoms. The lowest BCUT2D eigenvalue weighted by atomic mass is 10.3. The lowest BCUT2D eigenvalue weighted by Crippen LogP contribution is -2.29. The topological polar surface area (TPSA) is 55.0 Å². The number of anilines is 2. The number of hydrogen-bond acceptors (Lipinski definition) is 4. The molecule has 2 aliphatic carbocycles. The number of rotatable bonds is 4. The van der Waals surface area contributed by atoms with Crippen molar-refractivity contribution >= 4 is 11.6 Å². The minimum atomic E-state index is 0.574. The van der Waals surface area contributed by atoms with Crippen LogP contribution in [0.2, 0.25) is 0 Å². The summed E-state index contributed by atoms with van der Waals surface area (Å²) in [5, 5.41) is 0. The van der Waals surface area contributed by atoms with Crippen LogP contribution in [0.4, 0.5) is 11.6 Å². The maximum absolute atomic E-state index is 5.87. The van der Waals surface area contributed by atoms with Gasteiger partial charge in [-0.15, -0.1) is 0 Å². The zero-order valence-electron chi connectivity index (χ0n) is 8.76. The molecule has 0 spiro atoms. The first-order valence-electron chi connectivity index (χ1n) is 5.67. The zero-order chi connectivity index (χ0) is 10.3. The predicted octanol–water partition coefficient (Wildman–Crippen LogP) is 1.44. The van der Waals surface area contributed by atoms with Crippen molar-refractivity contribution in [1.29, 1.82) is 0 Å². The molecular formula is C11H16N4. The molecule has 0 atom stereocenters. The van der Waals surface area contributed by atoms with E-state index in [2.05, 4.69) is 14.9 Å². The highest BCUT2D eigenvalue weighted by molar-refractivity contribution is 5.58. The highest BCUT2D eigenvalue weighted by atomic mass is 15.3. The molecule has 0 aromatic carbocycles. The summed E-state index contributed by atoms with van der Waals surface area (Å²) in [5.74, 6) is 2.34. The Hall–Kier alpha value is -1.32. The maximum Gasteiger partial charge on any atom is 0.171 e. The fourth-order valence-corrected chi connectivity index (χ4v) is 1.94. The number of nitrogens with two attached hydrogens (primary N) is 1. The third kappa shape index (κ3) is 1.89. The Labute approximate surface area is 89.5 Å². The fraction of sp³-hybridized carbons (Fsp3) is 0.636. The van der Waals surface area contributed by atoms with Crippen LogP contribution in [0.25, 0.3) is 0 Å². The molecule has 2 fully saturated rings. The first kappa shape index (κ1) is 8.95. The van der Waals surface area contributed by atoms with Crippen molar-refractivity contribution in [3.05, 3.63) is 12.4 Å². The van der Waals surface area contributed by atoms with Gasteiger partial charge in [0.2, 0.25) is 0 Å². The normalized spacial score (nSPS) is 20.3. The van der Waals surface area contributed by atoms with Gasteiger partial charge in [-0.3, -0.25) is 0 Å². The van der Waals surface area contributed by atoms with Gasteiger partial charge in [-0.2, -0.15) is 0 Å². The van der Waals surface area contributed by atoms with Gasteiger partial charge in [-0.05, 0) is 31.6 Å². The Kier molecular flexibility index (Phi) is 2.01. The Balaban J connectivity index is 1.83. The van der Waals surface area contributed by atoms with Crippen LogP contribution >= 0.6 is 0 Å². The third-order valence-electron chi connectivity index (χ3n) is 3.12. The van der Waals surface area contributed by atoms with Crippen molar-refractivity contribution in [2.45, 2.75) is 31.7 Å².